The molecule has 0 spiro atoms. The number of hydrogen-bond donors (Lipinski definition) is 1. The maximum Gasteiger partial charge on any atom is 0.0863 e. The summed E-state index contributed by atoms with van der Waals surface area (Å²) in [6.45, 7) is 6.24. The van der Waals surface area contributed by atoms with Crippen LogP contribution in [0.2, 0.25) is 5.02 Å². The first-order valence-electron chi connectivity index (χ1n) is 6.72. The molecule has 2 unspecified atom stereocenters. The van der Waals surface area contributed by atoms with Crippen molar-refractivity contribution in [3.05, 3.63) is 16.4 Å². The minimum absolute atomic E-state index is 0.351. The molecule has 1 saturated heterocycles. The smallest absolute Gasteiger partial charge is 0.0863 e. The lowest BCUT2D eigenvalue weighted by Crippen LogP contribution is -2.45. The van der Waals surface area contributed by atoms with Crippen molar-refractivity contribution in [1.29, 1.82) is 0 Å². The Kier molecular flexibility index (Phi) is 4.30. The van der Waals surface area contributed by atoms with E-state index in [1.54, 1.807) is 0 Å². The highest BCUT2D eigenvalue weighted by atomic mass is 35.5. The minimum atomic E-state index is 0.351. The van der Waals surface area contributed by atoms with Gasteiger partial charge in [-0.1, -0.05) is 18.5 Å². The summed E-state index contributed by atoms with van der Waals surface area (Å²) in [5.41, 5.74) is 8.11. The predicted molar refractivity (Wildman–Crippen MR) is 74.7 cm³/mol. The molecular formula is C13H23ClN4. The fourth-order valence-electron chi connectivity index (χ4n) is 2.68. The number of nitrogens with zero attached hydrogens (tertiary/aromatic N) is 3. The number of halogens is 1. The van der Waals surface area contributed by atoms with Crippen LogP contribution < -0.4 is 5.73 Å². The molecular weight excluding hydrogens is 248 g/mol. The van der Waals surface area contributed by atoms with Crippen molar-refractivity contribution in [2.75, 3.05) is 6.54 Å². The van der Waals surface area contributed by atoms with Crippen LogP contribution in [0.25, 0.3) is 0 Å². The van der Waals surface area contributed by atoms with Gasteiger partial charge in [0.1, 0.15) is 0 Å². The molecule has 0 amide bonds. The molecule has 1 aromatic rings. The third kappa shape index (κ3) is 2.71. The fourth-order valence-corrected chi connectivity index (χ4v) is 3.03. The van der Waals surface area contributed by atoms with E-state index in [1.165, 1.54) is 0 Å². The summed E-state index contributed by atoms with van der Waals surface area (Å²) in [7, 11) is 1.97. The highest BCUT2D eigenvalue weighted by molar-refractivity contribution is 6.31. The molecule has 0 bridgehead atoms. The van der Waals surface area contributed by atoms with Crippen LogP contribution in [0.3, 0.4) is 0 Å². The van der Waals surface area contributed by atoms with Crippen LogP contribution >= 0.6 is 11.6 Å². The number of piperidine rings is 1. The topological polar surface area (TPSA) is 47.1 Å². The monoisotopic (exact) mass is 270 g/mol. The summed E-state index contributed by atoms with van der Waals surface area (Å²) in [6, 6.07) is 0.870. The highest BCUT2D eigenvalue weighted by Crippen LogP contribution is 2.25. The molecule has 2 heterocycles. The molecule has 102 valence electrons. The maximum atomic E-state index is 6.39. The zero-order chi connectivity index (χ0) is 13.3. The second-order valence-electron chi connectivity index (χ2n) is 5.29. The number of nitrogens with two attached hydrogens (primary N) is 1. The van der Waals surface area contributed by atoms with Gasteiger partial charge in [-0.05, 0) is 26.2 Å². The second-order valence-corrected chi connectivity index (χ2v) is 5.67. The van der Waals surface area contributed by atoms with Gasteiger partial charge in [-0.15, -0.1) is 0 Å². The van der Waals surface area contributed by atoms with E-state index in [9.17, 15) is 0 Å². The molecule has 0 aromatic carbocycles. The van der Waals surface area contributed by atoms with Gasteiger partial charge in [-0.2, -0.15) is 5.10 Å². The van der Waals surface area contributed by atoms with E-state index in [2.05, 4.69) is 23.8 Å². The van der Waals surface area contributed by atoms with Crippen molar-refractivity contribution in [3.63, 3.8) is 0 Å². The third-order valence-electron chi connectivity index (χ3n) is 3.91. The van der Waals surface area contributed by atoms with E-state index >= 15 is 0 Å². The lowest BCUT2D eigenvalue weighted by atomic mass is 9.99. The largest absolute Gasteiger partial charge is 0.328 e. The minimum Gasteiger partial charge on any atom is -0.328 e. The molecule has 1 fully saturated rings. The van der Waals surface area contributed by atoms with Crippen molar-refractivity contribution in [2.45, 2.75) is 51.7 Å². The van der Waals surface area contributed by atoms with Crippen LogP contribution in [-0.4, -0.2) is 33.3 Å². The summed E-state index contributed by atoms with van der Waals surface area (Å²) in [5, 5.41) is 5.30. The van der Waals surface area contributed by atoms with Gasteiger partial charge < -0.3 is 5.73 Å². The molecule has 0 saturated carbocycles. The van der Waals surface area contributed by atoms with Gasteiger partial charge in [-0.3, -0.25) is 9.58 Å². The molecule has 1 aliphatic heterocycles. The molecule has 2 rings (SSSR count). The number of hydrogen-bond acceptors (Lipinski definition) is 3. The Balaban J connectivity index is 2.12. The summed E-state index contributed by atoms with van der Waals surface area (Å²) in [6.07, 6.45) is 3.02. The van der Waals surface area contributed by atoms with E-state index in [4.69, 9.17) is 17.3 Å². The summed E-state index contributed by atoms with van der Waals surface area (Å²) in [5.74, 6) is 0. The quantitative estimate of drug-likeness (QED) is 0.913. The fraction of sp³-hybridized carbons (Fsp3) is 0.769. The normalized spacial score (nSPS) is 25.6. The molecule has 1 aliphatic rings. The Morgan fingerprint density at radius 3 is 2.78 bits per heavy atom. The van der Waals surface area contributed by atoms with Crippen LogP contribution in [0.4, 0.5) is 0 Å². The number of aromatic nitrogens is 2. The van der Waals surface area contributed by atoms with E-state index in [1.807, 2.05) is 11.7 Å². The van der Waals surface area contributed by atoms with Gasteiger partial charge in [0.05, 0.1) is 16.4 Å². The SMILES string of the molecule is CCc1nn(C)c(CN2CCC(N)CC2C)c1Cl. The maximum absolute atomic E-state index is 6.39. The van der Waals surface area contributed by atoms with Crippen molar-refractivity contribution in [3.8, 4) is 0 Å². The number of aryl methyl sites for hydroxylation is 2. The average molecular weight is 271 g/mol. The van der Waals surface area contributed by atoms with Crippen molar-refractivity contribution in [1.82, 2.24) is 14.7 Å². The Morgan fingerprint density at radius 2 is 2.22 bits per heavy atom. The predicted octanol–water partition coefficient (Wildman–Crippen LogP) is 1.95. The van der Waals surface area contributed by atoms with Crippen molar-refractivity contribution < 1.29 is 0 Å². The molecule has 5 heteroatoms. The molecule has 0 radical (unpaired) electrons. The first-order chi connectivity index (χ1) is 8.52. The van der Waals surface area contributed by atoms with Crippen LogP contribution in [0.5, 0.6) is 0 Å². The third-order valence-corrected chi connectivity index (χ3v) is 4.35. The number of rotatable bonds is 3. The van der Waals surface area contributed by atoms with Gasteiger partial charge in [0, 0.05) is 32.2 Å². The van der Waals surface area contributed by atoms with Gasteiger partial charge in [-0.25, -0.2) is 0 Å². The second kappa shape index (κ2) is 5.59. The summed E-state index contributed by atoms with van der Waals surface area (Å²) >= 11 is 6.39. The van der Waals surface area contributed by atoms with E-state index < -0.39 is 0 Å². The number of likely N-dealkylation sites (tertiary alicyclic amines) is 1. The van der Waals surface area contributed by atoms with Crippen molar-refractivity contribution >= 4 is 11.6 Å². The van der Waals surface area contributed by atoms with Gasteiger partial charge in [0.25, 0.3) is 0 Å². The van der Waals surface area contributed by atoms with Gasteiger partial charge in [0.2, 0.25) is 0 Å². The molecule has 18 heavy (non-hydrogen) atoms. The highest BCUT2D eigenvalue weighted by Gasteiger charge is 2.25. The Bertz CT molecular complexity index is 415. The first kappa shape index (κ1) is 13.8. The van der Waals surface area contributed by atoms with Gasteiger partial charge >= 0.3 is 0 Å². The first-order valence-corrected chi connectivity index (χ1v) is 7.10. The zero-order valence-electron chi connectivity index (χ0n) is 11.5. The summed E-state index contributed by atoms with van der Waals surface area (Å²) in [4.78, 5) is 2.45. The van der Waals surface area contributed by atoms with Gasteiger partial charge in [0.15, 0.2) is 0 Å². The Morgan fingerprint density at radius 1 is 1.50 bits per heavy atom. The standard InChI is InChI=1S/C13H23ClN4/c1-4-11-13(14)12(17(3)16-11)8-18-6-5-10(15)7-9(18)2/h9-10H,4-8,15H2,1-3H3. The molecule has 2 N–H and O–H groups in total. The molecule has 4 nitrogen and oxygen atoms in total. The van der Waals surface area contributed by atoms with Crippen LogP contribution in [-0.2, 0) is 20.0 Å². The average Bonchev–Trinajstić information content (AvgIpc) is 2.59. The van der Waals surface area contributed by atoms with Crippen LogP contribution in [0, 0.1) is 0 Å². The van der Waals surface area contributed by atoms with Crippen molar-refractivity contribution in [2.24, 2.45) is 12.8 Å². The van der Waals surface area contributed by atoms with Crippen LogP contribution in [0.15, 0.2) is 0 Å². The van der Waals surface area contributed by atoms with Crippen LogP contribution in [0.1, 0.15) is 38.1 Å². The zero-order valence-corrected chi connectivity index (χ0v) is 12.2. The van der Waals surface area contributed by atoms with E-state index in [0.29, 0.717) is 12.1 Å². The molecule has 2 atom stereocenters. The lowest BCUT2D eigenvalue weighted by Gasteiger charge is -2.36. The Labute approximate surface area is 114 Å². The lowest BCUT2D eigenvalue weighted by molar-refractivity contribution is 0.137. The Hall–Kier alpha value is -0.580. The van der Waals surface area contributed by atoms with E-state index in [-0.39, 0.29) is 0 Å². The molecule has 1 aromatic heterocycles. The van der Waals surface area contributed by atoms with E-state index in [0.717, 1.165) is 48.8 Å². The molecule has 0 aliphatic carbocycles. The summed E-state index contributed by atoms with van der Waals surface area (Å²) < 4.78 is 1.92.